The average molecular weight is 329 g/mol. The topological polar surface area (TPSA) is 49.8 Å². The Morgan fingerprint density at radius 1 is 1.25 bits per heavy atom. The number of fused-ring (bicyclic) bond motifs is 2. The molecule has 3 rings (SSSR count). The van der Waals surface area contributed by atoms with E-state index in [1.807, 2.05) is 6.07 Å². The standard InChI is InChI=1S/C20H27NO3/c1-16-19(14-22)9-6-10-20(16,15-24-17(2)23)13-21(12-19)11-18-7-4-3-5-8-18/h3-5,7-8,22H,1,6,9-15H2,2H3/t19-,20+/m0/s1. The van der Waals surface area contributed by atoms with Crippen molar-refractivity contribution in [2.45, 2.75) is 32.7 Å². The van der Waals surface area contributed by atoms with E-state index in [2.05, 4.69) is 35.7 Å². The van der Waals surface area contributed by atoms with Gasteiger partial charge in [0.2, 0.25) is 0 Å². The SMILES string of the molecule is C=C1[C@@]2(CO)CCC[C@]1(COC(C)=O)CN(Cc1ccccc1)C2. The zero-order chi connectivity index (χ0) is 17.2. The summed E-state index contributed by atoms with van der Waals surface area (Å²) in [5.41, 5.74) is 1.83. The number of hydrogen-bond acceptors (Lipinski definition) is 4. The van der Waals surface area contributed by atoms with E-state index in [1.165, 1.54) is 12.5 Å². The number of benzene rings is 1. The van der Waals surface area contributed by atoms with Gasteiger partial charge in [-0.25, -0.2) is 0 Å². The van der Waals surface area contributed by atoms with E-state index >= 15 is 0 Å². The van der Waals surface area contributed by atoms with Crippen LogP contribution in [0.4, 0.5) is 0 Å². The smallest absolute Gasteiger partial charge is 0.302 e. The minimum Gasteiger partial charge on any atom is -0.465 e. The second-order valence-electron chi connectivity index (χ2n) is 7.46. The normalized spacial score (nSPS) is 30.2. The molecular weight excluding hydrogens is 302 g/mol. The summed E-state index contributed by atoms with van der Waals surface area (Å²) in [7, 11) is 0. The summed E-state index contributed by atoms with van der Waals surface area (Å²) < 4.78 is 5.41. The van der Waals surface area contributed by atoms with Gasteiger partial charge in [-0.05, 0) is 18.4 Å². The highest BCUT2D eigenvalue weighted by Crippen LogP contribution is 2.54. The van der Waals surface area contributed by atoms with Crippen molar-refractivity contribution < 1.29 is 14.6 Å². The van der Waals surface area contributed by atoms with Crippen LogP contribution >= 0.6 is 0 Å². The Morgan fingerprint density at radius 3 is 2.58 bits per heavy atom. The molecule has 0 spiro atoms. The molecule has 2 aliphatic rings. The van der Waals surface area contributed by atoms with Crippen LogP contribution in [0.3, 0.4) is 0 Å². The van der Waals surface area contributed by atoms with Gasteiger partial charge in [-0.1, -0.05) is 48.9 Å². The highest BCUT2D eigenvalue weighted by Gasteiger charge is 2.53. The van der Waals surface area contributed by atoms with Gasteiger partial charge >= 0.3 is 5.97 Å². The molecule has 1 saturated heterocycles. The maximum Gasteiger partial charge on any atom is 0.302 e. The van der Waals surface area contributed by atoms with Gasteiger partial charge in [0.25, 0.3) is 0 Å². The van der Waals surface area contributed by atoms with E-state index in [1.54, 1.807) is 0 Å². The van der Waals surface area contributed by atoms with Crippen molar-refractivity contribution in [3.63, 3.8) is 0 Å². The van der Waals surface area contributed by atoms with Gasteiger partial charge in [0.15, 0.2) is 0 Å². The van der Waals surface area contributed by atoms with Gasteiger partial charge in [0, 0.05) is 37.4 Å². The number of ether oxygens (including phenoxy) is 1. The number of rotatable bonds is 5. The molecule has 4 nitrogen and oxygen atoms in total. The van der Waals surface area contributed by atoms with Crippen molar-refractivity contribution in [2.24, 2.45) is 10.8 Å². The third kappa shape index (κ3) is 3.13. The Kier molecular flexibility index (Phi) is 4.79. The minimum absolute atomic E-state index is 0.110. The number of piperidine rings is 1. The van der Waals surface area contributed by atoms with Crippen LogP contribution in [0.15, 0.2) is 42.5 Å². The number of likely N-dealkylation sites (tertiary alicyclic amines) is 1. The van der Waals surface area contributed by atoms with Crippen LogP contribution < -0.4 is 0 Å². The lowest BCUT2D eigenvalue weighted by Crippen LogP contribution is -2.59. The van der Waals surface area contributed by atoms with Gasteiger partial charge in [-0.15, -0.1) is 0 Å². The minimum atomic E-state index is -0.272. The fourth-order valence-corrected chi connectivity index (χ4v) is 4.51. The summed E-state index contributed by atoms with van der Waals surface area (Å²) in [6.07, 6.45) is 2.96. The van der Waals surface area contributed by atoms with Gasteiger partial charge in [-0.2, -0.15) is 0 Å². The predicted molar refractivity (Wildman–Crippen MR) is 93.3 cm³/mol. The Bertz CT molecular complexity index is 615. The lowest BCUT2D eigenvalue weighted by atomic mass is 9.56. The van der Waals surface area contributed by atoms with Crippen molar-refractivity contribution in [3.8, 4) is 0 Å². The summed E-state index contributed by atoms with van der Waals surface area (Å²) in [6, 6.07) is 10.4. The van der Waals surface area contributed by atoms with Gasteiger partial charge < -0.3 is 9.84 Å². The summed E-state index contributed by atoms with van der Waals surface area (Å²) in [4.78, 5) is 13.7. The molecule has 1 aliphatic carbocycles. The highest BCUT2D eigenvalue weighted by molar-refractivity contribution is 5.66. The molecule has 0 amide bonds. The van der Waals surface area contributed by atoms with E-state index in [0.717, 1.165) is 44.5 Å². The molecule has 130 valence electrons. The molecule has 0 radical (unpaired) electrons. The average Bonchev–Trinajstić information content (AvgIpc) is 2.56. The molecule has 2 atom stereocenters. The number of carbonyl (C=O) groups excluding carboxylic acids is 1. The maximum atomic E-state index is 11.4. The quantitative estimate of drug-likeness (QED) is 0.667. The Labute approximate surface area is 144 Å². The van der Waals surface area contributed by atoms with Crippen molar-refractivity contribution in [3.05, 3.63) is 48.0 Å². The third-order valence-corrected chi connectivity index (χ3v) is 5.75. The van der Waals surface area contributed by atoms with Crippen LogP contribution in [0.1, 0.15) is 31.7 Å². The van der Waals surface area contributed by atoms with E-state index in [0.29, 0.717) is 6.61 Å². The van der Waals surface area contributed by atoms with Crippen LogP contribution in [0.5, 0.6) is 0 Å². The Hall–Kier alpha value is -1.65. The molecule has 4 heteroatoms. The molecule has 0 aromatic heterocycles. The molecule has 2 bridgehead atoms. The van der Waals surface area contributed by atoms with Gasteiger partial charge in [-0.3, -0.25) is 9.69 Å². The molecule has 1 aliphatic heterocycles. The van der Waals surface area contributed by atoms with Crippen LogP contribution in [0.25, 0.3) is 0 Å². The third-order valence-electron chi connectivity index (χ3n) is 5.75. The lowest BCUT2D eigenvalue weighted by Gasteiger charge is -2.57. The monoisotopic (exact) mass is 329 g/mol. The number of hydrogen-bond donors (Lipinski definition) is 1. The predicted octanol–water partition coefficient (Wildman–Crippen LogP) is 2.77. The second kappa shape index (κ2) is 6.69. The summed E-state index contributed by atoms with van der Waals surface area (Å²) in [5, 5.41) is 10.1. The van der Waals surface area contributed by atoms with Crippen molar-refractivity contribution in [2.75, 3.05) is 26.3 Å². The molecule has 1 aromatic rings. The number of carbonyl (C=O) groups is 1. The number of nitrogens with zero attached hydrogens (tertiary/aromatic N) is 1. The molecule has 1 heterocycles. The van der Waals surface area contributed by atoms with Gasteiger partial charge in [0.1, 0.15) is 6.61 Å². The molecule has 1 N–H and O–H groups in total. The van der Waals surface area contributed by atoms with E-state index in [9.17, 15) is 9.90 Å². The van der Waals surface area contributed by atoms with E-state index in [-0.39, 0.29) is 23.4 Å². The highest BCUT2D eigenvalue weighted by atomic mass is 16.5. The summed E-state index contributed by atoms with van der Waals surface area (Å²) >= 11 is 0. The van der Waals surface area contributed by atoms with Crippen molar-refractivity contribution in [1.82, 2.24) is 4.90 Å². The zero-order valence-electron chi connectivity index (χ0n) is 14.5. The molecule has 0 unspecified atom stereocenters. The molecular formula is C20H27NO3. The molecule has 2 fully saturated rings. The second-order valence-corrected chi connectivity index (χ2v) is 7.46. The Morgan fingerprint density at radius 2 is 1.92 bits per heavy atom. The first-order valence-corrected chi connectivity index (χ1v) is 8.70. The molecule has 1 aromatic carbocycles. The van der Waals surface area contributed by atoms with Crippen LogP contribution in [0, 0.1) is 10.8 Å². The van der Waals surface area contributed by atoms with E-state index in [4.69, 9.17) is 4.74 Å². The largest absolute Gasteiger partial charge is 0.465 e. The first-order valence-electron chi connectivity index (χ1n) is 8.70. The fourth-order valence-electron chi connectivity index (χ4n) is 4.51. The Balaban J connectivity index is 1.86. The van der Waals surface area contributed by atoms with Crippen LogP contribution in [0.2, 0.25) is 0 Å². The summed E-state index contributed by atoms with van der Waals surface area (Å²) in [5.74, 6) is -0.252. The van der Waals surface area contributed by atoms with Crippen LogP contribution in [-0.2, 0) is 16.1 Å². The number of aliphatic hydroxyl groups is 1. The first kappa shape index (κ1) is 17.2. The maximum absolute atomic E-state index is 11.4. The lowest BCUT2D eigenvalue weighted by molar-refractivity contribution is -0.147. The van der Waals surface area contributed by atoms with Gasteiger partial charge in [0.05, 0.1) is 6.61 Å². The van der Waals surface area contributed by atoms with Crippen LogP contribution in [-0.4, -0.2) is 42.3 Å². The van der Waals surface area contributed by atoms with Crippen molar-refractivity contribution in [1.29, 1.82) is 0 Å². The van der Waals surface area contributed by atoms with E-state index < -0.39 is 0 Å². The first-order chi connectivity index (χ1) is 11.5. The molecule has 1 saturated carbocycles. The number of aliphatic hydroxyl groups excluding tert-OH is 1. The summed E-state index contributed by atoms with van der Waals surface area (Å²) in [6.45, 7) is 8.78. The fraction of sp³-hybridized carbons (Fsp3) is 0.550. The van der Waals surface area contributed by atoms with Crippen molar-refractivity contribution >= 4 is 5.97 Å². The zero-order valence-corrected chi connectivity index (χ0v) is 14.5. The number of esters is 1. The molecule has 24 heavy (non-hydrogen) atoms.